The van der Waals surface area contributed by atoms with E-state index < -0.39 is 0 Å². The van der Waals surface area contributed by atoms with Gasteiger partial charge in [0.25, 0.3) is 0 Å². The topological polar surface area (TPSA) is 54.0 Å². The Hall–Kier alpha value is -1.20. The van der Waals surface area contributed by atoms with Crippen molar-refractivity contribution in [1.82, 2.24) is 15.6 Å². The first-order valence-corrected chi connectivity index (χ1v) is 6.35. The van der Waals surface area contributed by atoms with E-state index in [1.54, 1.807) is 6.07 Å². The third kappa shape index (κ3) is 2.72. The van der Waals surface area contributed by atoms with Gasteiger partial charge >= 0.3 is 0 Å². The van der Waals surface area contributed by atoms with Crippen LogP contribution in [0.15, 0.2) is 18.5 Å². The molecule has 1 saturated carbocycles. The van der Waals surface area contributed by atoms with E-state index in [1.807, 2.05) is 0 Å². The number of nitrogens with zero attached hydrogens (tertiary/aromatic N) is 1. The van der Waals surface area contributed by atoms with Crippen LogP contribution in [0.5, 0.6) is 0 Å². The van der Waals surface area contributed by atoms with Gasteiger partial charge in [-0.25, -0.2) is 4.39 Å². The van der Waals surface area contributed by atoms with Crippen LogP contribution in [0.3, 0.4) is 0 Å². The lowest BCUT2D eigenvalue weighted by Gasteiger charge is -2.14. The van der Waals surface area contributed by atoms with E-state index in [0.29, 0.717) is 17.5 Å². The van der Waals surface area contributed by atoms with Crippen molar-refractivity contribution in [2.45, 2.75) is 25.4 Å². The minimum Gasteiger partial charge on any atom is -0.352 e. The predicted octanol–water partition coefficient (Wildman–Crippen LogP) is 1.26. The molecule has 2 heterocycles. The maximum Gasteiger partial charge on any atom is 0.225 e. The van der Waals surface area contributed by atoms with E-state index in [0.717, 1.165) is 19.4 Å². The van der Waals surface area contributed by atoms with Crippen LogP contribution in [0.2, 0.25) is 0 Å². The Bertz CT molecular complexity index is 451. The van der Waals surface area contributed by atoms with Gasteiger partial charge in [-0.05, 0) is 31.4 Å². The van der Waals surface area contributed by atoms with Crippen LogP contribution in [0.1, 0.15) is 18.4 Å². The molecular weight excluding hydrogens is 269 g/mol. The van der Waals surface area contributed by atoms with Gasteiger partial charge < -0.3 is 10.6 Å². The Morgan fingerprint density at radius 2 is 2.37 bits per heavy atom. The largest absolute Gasteiger partial charge is 0.352 e. The smallest absolute Gasteiger partial charge is 0.225 e. The molecule has 2 fully saturated rings. The van der Waals surface area contributed by atoms with Crippen molar-refractivity contribution < 1.29 is 9.18 Å². The summed E-state index contributed by atoms with van der Waals surface area (Å²) in [5, 5.41) is 6.19. The summed E-state index contributed by atoms with van der Waals surface area (Å²) < 4.78 is 13.4. The van der Waals surface area contributed by atoms with Gasteiger partial charge in [0, 0.05) is 24.3 Å². The van der Waals surface area contributed by atoms with E-state index in [9.17, 15) is 9.18 Å². The summed E-state index contributed by atoms with van der Waals surface area (Å²) in [7, 11) is 0. The number of pyridine rings is 1. The molecule has 2 N–H and O–H groups in total. The summed E-state index contributed by atoms with van der Waals surface area (Å²) in [6, 6.07) is 1.91. The number of piperidine rings is 1. The normalized spacial score (nSPS) is 27.9. The molecule has 0 unspecified atom stereocenters. The summed E-state index contributed by atoms with van der Waals surface area (Å²) in [5.41, 5.74) is 0.483. The zero-order valence-corrected chi connectivity index (χ0v) is 11.3. The Morgan fingerprint density at radius 1 is 1.53 bits per heavy atom. The number of carbonyl (C=O) groups excluding carboxylic acids is 1. The molecule has 1 aliphatic carbocycles. The van der Waals surface area contributed by atoms with Crippen molar-refractivity contribution in [3.8, 4) is 0 Å². The Labute approximate surface area is 117 Å². The van der Waals surface area contributed by atoms with Crippen molar-refractivity contribution >= 4 is 18.3 Å². The third-order valence-electron chi connectivity index (χ3n) is 4.04. The number of nitrogens with one attached hydrogen (secondary N) is 2. The second-order valence-corrected chi connectivity index (χ2v) is 5.06. The molecule has 2 aliphatic rings. The summed E-state index contributed by atoms with van der Waals surface area (Å²) in [6.07, 6.45) is 4.90. The van der Waals surface area contributed by atoms with Crippen molar-refractivity contribution in [2.75, 3.05) is 6.54 Å². The molecule has 0 aromatic carbocycles. The number of fused-ring (bicyclic) bond motifs is 2. The monoisotopic (exact) mass is 285 g/mol. The molecule has 19 heavy (non-hydrogen) atoms. The van der Waals surface area contributed by atoms with Gasteiger partial charge in [-0.1, -0.05) is 0 Å². The molecule has 0 radical (unpaired) electrons. The lowest BCUT2D eigenvalue weighted by Crippen LogP contribution is -2.36. The zero-order valence-electron chi connectivity index (χ0n) is 10.4. The summed E-state index contributed by atoms with van der Waals surface area (Å²) in [4.78, 5) is 15.8. The van der Waals surface area contributed by atoms with Crippen LogP contribution in [0.25, 0.3) is 0 Å². The number of amides is 1. The predicted molar refractivity (Wildman–Crippen MR) is 71.3 cm³/mol. The maximum absolute atomic E-state index is 13.4. The number of hydrogen-bond donors (Lipinski definition) is 2. The van der Waals surface area contributed by atoms with Gasteiger partial charge in [0.05, 0.1) is 12.1 Å². The molecule has 1 aromatic rings. The van der Waals surface area contributed by atoms with Gasteiger partial charge in [0.15, 0.2) is 0 Å². The van der Waals surface area contributed by atoms with E-state index >= 15 is 0 Å². The molecular formula is C13H17ClFN3O. The first kappa shape index (κ1) is 14.2. The summed E-state index contributed by atoms with van der Waals surface area (Å²) >= 11 is 0. The maximum atomic E-state index is 13.4. The second-order valence-electron chi connectivity index (χ2n) is 5.06. The minimum atomic E-state index is -0.370. The number of halogens is 2. The molecule has 2 bridgehead atoms. The first-order valence-electron chi connectivity index (χ1n) is 6.35. The summed E-state index contributed by atoms with van der Waals surface area (Å²) in [5.74, 6) is 0.196. The number of carbonyl (C=O) groups is 1. The summed E-state index contributed by atoms with van der Waals surface area (Å²) in [6.45, 7) is 1.18. The van der Waals surface area contributed by atoms with Gasteiger partial charge in [0.1, 0.15) is 5.82 Å². The SMILES string of the molecule is Cl.O=C(NCc1ccncc1F)[C@@H]1[C@H]2CC[C@@H]1NC2. The molecule has 1 aliphatic heterocycles. The lowest BCUT2D eigenvalue weighted by molar-refractivity contribution is -0.125. The third-order valence-corrected chi connectivity index (χ3v) is 4.04. The van der Waals surface area contributed by atoms with Crippen LogP contribution in [0.4, 0.5) is 4.39 Å². The van der Waals surface area contributed by atoms with Crippen LogP contribution >= 0.6 is 12.4 Å². The van der Waals surface area contributed by atoms with E-state index in [1.165, 1.54) is 12.4 Å². The highest BCUT2D eigenvalue weighted by Gasteiger charge is 2.45. The zero-order chi connectivity index (χ0) is 12.5. The first-order chi connectivity index (χ1) is 8.75. The standard InChI is InChI=1S/C13H16FN3O.ClH/c14-10-7-15-4-3-8(10)5-17-13(18)12-9-1-2-11(12)16-6-9;/h3-4,7,9,11-12,16H,1-2,5-6H2,(H,17,18);1H/t9-,11-,12+;/m0./s1. The minimum absolute atomic E-state index is 0. The number of aromatic nitrogens is 1. The van der Waals surface area contributed by atoms with E-state index in [2.05, 4.69) is 15.6 Å². The molecule has 6 heteroatoms. The molecule has 1 saturated heterocycles. The highest BCUT2D eigenvalue weighted by Crippen LogP contribution is 2.36. The van der Waals surface area contributed by atoms with Crippen LogP contribution in [0, 0.1) is 17.7 Å². The molecule has 3 rings (SSSR count). The molecule has 1 aromatic heterocycles. The molecule has 4 nitrogen and oxygen atoms in total. The lowest BCUT2D eigenvalue weighted by atomic mass is 9.97. The van der Waals surface area contributed by atoms with Crippen LogP contribution < -0.4 is 10.6 Å². The average Bonchev–Trinajstić information content (AvgIpc) is 2.97. The van der Waals surface area contributed by atoms with Gasteiger partial charge in [-0.2, -0.15) is 0 Å². The quantitative estimate of drug-likeness (QED) is 0.879. The molecule has 0 spiro atoms. The average molecular weight is 286 g/mol. The Morgan fingerprint density at radius 3 is 2.95 bits per heavy atom. The number of hydrogen-bond acceptors (Lipinski definition) is 3. The highest BCUT2D eigenvalue weighted by molar-refractivity contribution is 5.85. The van der Waals surface area contributed by atoms with E-state index in [4.69, 9.17) is 0 Å². The molecule has 1 amide bonds. The van der Waals surface area contributed by atoms with Gasteiger partial charge in [-0.15, -0.1) is 12.4 Å². The van der Waals surface area contributed by atoms with Crippen molar-refractivity contribution in [1.29, 1.82) is 0 Å². The van der Waals surface area contributed by atoms with Crippen molar-refractivity contribution in [3.05, 3.63) is 29.8 Å². The Balaban J connectivity index is 0.00000133. The fourth-order valence-electron chi connectivity index (χ4n) is 3.09. The fourth-order valence-corrected chi connectivity index (χ4v) is 3.09. The number of rotatable bonds is 3. The second kappa shape index (κ2) is 5.84. The Kier molecular flexibility index (Phi) is 4.37. The molecule has 3 atom stereocenters. The fraction of sp³-hybridized carbons (Fsp3) is 0.538. The van der Waals surface area contributed by atoms with Gasteiger partial charge in [-0.3, -0.25) is 9.78 Å². The van der Waals surface area contributed by atoms with Crippen molar-refractivity contribution in [3.63, 3.8) is 0 Å². The highest BCUT2D eigenvalue weighted by atomic mass is 35.5. The van der Waals surface area contributed by atoms with Crippen molar-refractivity contribution in [2.24, 2.45) is 11.8 Å². The van der Waals surface area contributed by atoms with Gasteiger partial charge in [0.2, 0.25) is 5.91 Å². The molecule has 104 valence electrons. The van der Waals surface area contributed by atoms with Crippen LogP contribution in [-0.2, 0) is 11.3 Å². The van der Waals surface area contributed by atoms with E-state index in [-0.39, 0.29) is 36.6 Å². The van der Waals surface area contributed by atoms with Crippen LogP contribution in [-0.4, -0.2) is 23.5 Å².